The summed E-state index contributed by atoms with van der Waals surface area (Å²) in [6, 6.07) is 8.90. The van der Waals surface area contributed by atoms with Crippen LogP contribution in [0.5, 0.6) is 0 Å². The number of hydrogen-bond donors (Lipinski definition) is 2. The van der Waals surface area contributed by atoms with E-state index in [1.807, 2.05) is 12.1 Å². The van der Waals surface area contributed by atoms with Crippen LogP contribution in [0.1, 0.15) is 62.7 Å². The molecule has 3 unspecified atom stereocenters. The summed E-state index contributed by atoms with van der Waals surface area (Å²) < 4.78 is 2.06. The van der Waals surface area contributed by atoms with E-state index in [9.17, 15) is 0 Å². The molecule has 3 atom stereocenters. The number of aliphatic imine (C=N–C) groups is 1. The van der Waals surface area contributed by atoms with Crippen molar-refractivity contribution in [3.63, 3.8) is 0 Å². The summed E-state index contributed by atoms with van der Waals surface area (Å²) in [5, 5.41) is 12.7. The molecule has 0 bridgehead atoms. The third-order valence-electron chi connectivity index (χ3n) is 5.44. The first-order valence-corrected chi connectivity index (χ1v) is 10.7. The summed E-state index contributed by atoms with van der Waals surface area (Å²) in [5.74, 6) is 3.81. The van der Waals surface area contributed by atoms with E-state index in [0.717, 1.165) is 55.0 Å². The number of aryl methyl sites for hydroxylation is 1. The second-order valence-electron chi connectivity index (χ2n) is 8.07. The zero-order chi connectivity index (χ0) is 19.7. The van der Waals surface area contributed by atoms with Gasteiger partial charge in [-0.15, -0.1) is 24.0 Å². The SMILES string of the molecule is CCN=C(NC1CCc2nc(C(C)C)nn2C1)NC1CC1c1cccc(Cl)c1.I. The largest absolute Gasteiger partial charge is 0.353 e. The molecule has 1 fully saturated rings. The van der Waals surface area contributed by atoms with Crippen LogP contribution in [0.15, 0.2) is 29.3 Å². The number of rotatable bonds is 5. The molecule has 0 radical (unpaired) electrons. The van der Waals surface area contributed by atoms with E-state index in [0.29, 0.717) is 23.9 Å². The van der Waals surface area contributed by atoms with Crippen LogP contribution in [0.25, 0.3) is 0 Å². The summed E-state index contributed by atoms with van der Waals surface area (Å²) >= 11 is 6.14. The highest BCUT2D eigenvalue weighted by Gasteiger charge is 2.39. The number of fused-ring (bicyclic) bond motifs is 1. The van der Waals surface area contributed by atoms with Crippen LogP contribution in [0.2, 0.25) is 5.02 Å². The molecule has 29 heavy (non-hydrogen) atoms. The lowest BCUT2D eigenvalue weighted by Gasteiger charge is -2.25. The molecule has 0 saturated heterocycles. The van der Waals surface area contributed by atoms with Crippen LogP contribution in [0.3, 0.4) is 0 Å². The fourth-order valence-electron chi connectivity index (χ4n) is 3.81. The average Bonchev–Trinajstić information content (AvgIpc) is 3.29. The number of hydrogen-bond acceptors (Lipinski definition) is 3. The van der Waals surface area contributed by atoms with E-state index in [2.05, 4.69) is 63.3 Å². The summed E-state index contributed by atoms with van der Waals surface area (Å²) in [5.41, 5.74) is 1.30. The van der Waals surface area contributed by atoms with E-state index in [-0.39, 0.29) is 24.0 Å². The number of benzene rings is 1. The van der Waals surface area contributed by atoms with Crippen LogP contribution in [0, 0.1) is 0 Å². The normalized spacial score (nSPS) is 23.3. The van der Waals surface area contributed by atoms with Crippen molar-refractivity contribution < 1.29 is 0 Å². The minimum Gasteiger partial charge on any atom is -0.353 e. The van der Waals surface area contributed by atoms with Crippen molar-refractivity contribution in [2.45, 2.75) is 70.5 Å². The maximum Gasteiger partial charge on any atom is 0.191 e. The average molecular weight is 529 g/mol. The van der Waals surface area contributed by atoms with Crippen molar-refractivity contribution in [1.82, 2.24) is 25.4 Å². The maximum absolute atomic E-state index is 6.14. The fraction of sp³-hybridized carbons (Fsp3) is 0.571. The second-order valence-corrected chi connectivity index (χ2v) is 8.51. The monoisotopic (exact) mass is 528 g/mol. The molecule has 1 aliphatic carbocycles. The molecule has 6 nitrogen and oxygen atoms in total. The van der Waals surface area contributed by atoms with Crippen LogP contribution < -0.4 is 10.6 Å². The highest BCUT2D eigenvalue weighted by atomic mass is 127. The molecule has 1 saturated carbocycles. The van der Waals surface area contributed by atoms with E-state index in [1.54, 1.807) is 0 Å². The summed E-state index contributed by atoms with van der Waals surface area (Å²) in [6.45, 7) is 7.93. The van der Waals surface area contributed by atoms with Gasteiger partial charge in [0.1, 0.15) is 5.82 Å². The fourth-order valence-corrected chi connectivity index (χ4v) is 4.01. The number of nitrogens with zero attached hydrogens (tertiary/aromatic N) is 4. The molecule has 158 valence electrons. The van der Waals surface area contributed by atoms with Gasteiger partial charge in [0.25, 0.3) is 0 Å². The molecule has 1 aromatic carbocycles. The van der Waals surface area contributed by atoms with Gasteiger partial charge in [0.05, 0.1) is 6.54 Å². The number of aromatic nitrogens is 3. The quantitative estimate of drug-likeness (QED) is 0.348. The zero-order valence-corrected chi connectivity index (χ0v) is 20.3. The van der Waals surface area contributed by atoms with Gasteiger partial charge in [-0.1, -0.05) is 37.6 Å². The molecule has 0 spiro atoms. The third-order valence-corrected chi connectivity index (χ3v) is 5.67. The Bertz CT molecular complexity index is 865. The number of halogens is 2. The van der Waals surface area contributed by atoms with Crippen molar-refractivity contribution in [1.29, 1.82) is 0 Å². The Hall–Kier alpha value is -1.35. The van der Waals surface area contributed by atoms with E-state index >= 15 is 0 Å². The van der Waals surface area contributed by atoms with Crippen LogP contribution in [0.4, 0.5) is 0 Å². The maximum atomic E-state index is 6.14. The van der Waals surface area contributed by atoms with Crippen molar-refractivity contribution in [2.75, 3.05) is 6.54 Å². The Morgan fingerprint density at radius 2 is 2.17 bits per heavy atom. The Morgan fingerprint density at radius 3 is 2.90 bits per heavy atom. The van der Waals surface area contributed by atoms with Crippen molar-refractivity contribution >= 4 is 41.5 Å². The molecule has 2 aliphatic rings. The Labute approximate surface area is 194 Å². The first kappa shape index (κ1) is 22.3. The lowest BCUT2D eigenvalue weighted by molar-refractivity contribution is 0.391. The molecule has 0 amide bonds. The highest BCUT2D eigenvalue weighted by molar-refractivity contribution is 14.0. The molecule has 1 aliphatic heterocycles. The molecule has 2 aromatic rings. The summed E-state index contributed by atoms with van der Waals surface area (Å²) in [6.07, 6.45) is 3.11. The molecule has 2 heterocycles. The van der Waals surface area contributed by atoms with Crippen LogP contribution in [-0.4, -0.2) is 39.4 Å². The van der Waals surface area contributed by atoms with Crippen molar-refractivity contribution in [3.05, 3.63) is 46.5 Å². The first-order valence-electron chi connectivity index (χ1n) is 10.3. The molecule has 4 rings (SSSR count). The van der Waals surface area contributed by atoms with Gasteiger partial charge in [-0.05, 0) is 37.5 Å². The highest BCUT2D eigenvalue weighted by Crippen LogP contribution is 2.41. The van der Waals surface area contributed by atoms with Crippen LogP contribution in [-0.2, 0) is 13.0 Å². The van der Waals surface area contributed by atoms with E-state index in [1.165, 1.54) is 5.56 Å². The van der Waals surface area contributed by atoms with Gasteiger partial charge in [-0.2, -0.15) is 5.10 Å². The summed E-state index contributed by atoms with van der Waals surface area (Å²) in [4.78, 5) is 9.33. The van der Waals surface area contributed by atoms with Gasteiger partial charge in [-0.3, -0.25) is 4.99 Å². The molecule has 2 N–H and O–H groups in total. The first-order chi connectivity index (χ1) is 13.5. The molecular weight excluding hydrogens is 499 g/mol. The van der Waals surface area contributed by atoms with Gasteiger partial charge >= 0.3 is 0 Å². The van der Waals surface area contributed by atoms with Crippen molar-refractivity contribution in [3.8, 4) is 0 Å². The Kier molecular flexibility index (Phi) is 7.42. The smallest absolute Gasteiger partial charge is 0.191 e. The van der Waals surface area contributed by atoms with Gasteiger partial charge in [-0.25, -0.2) is 9.67 Å². The van der Waals surface area contributed by atoms with E-state index < -0.39 is 0 Å². The van der Waals surface area contributed by atoms with Gasteiger partial charge in [0, 0.05) is 41.9 Å². The zero-order valence-electron chi connectivity index (χ0n) is 17.2. The van der Waals surface area contributed by atoms with Crippen LogP contribution >= 0.6 is 35.6 Å². The number of guanidine groups is 1. The second kappa shape index (κ2) is 9.64. The standard InChI is InChI=1S/C21H29ClN6.HI/c1-4-23-21(25-18-11-17(18)14-6-5-7-15(22)10-14)24-16-8-9-19-26-20(13(2)3)27-28(19)12-16;/h5-7,10,13,16-18H,4,8-9,11-12H2,1-3H3,(H2,23,24,25);1H. The van der Waals surface area contributed by atoms with Gasteiger partial charge in [0.2, 0.25) is 0 Å². The minimum atomic E-state index is 0. The predicted octanol–water partition coefficient (Wildman–Crippen LogP) is 4.10. The number of nitrogens with one attached hydrogen (secondary N) is 2. The molecule has 1 aromatic heterocycles. The third kappa shape index (κ3) is 5.42. The lowest BCUT2D eigenvalue weighted by Crippen LogP contribution is -2.48. The Balaban J connectivity index is 0.00000240. The molecular formula is C21H30ClIN6. The van der Waals surface area contributed by atoms with Crippen molar-refractivity contribution in [2.24, 2.45) is 4.99 Å². The summed E-state index contributed by atoms with van der Waals surface area (Å²) in [7, 11) is 0. The van der Waals surface area contributed by atoms with Gasteiger partial charge in [0.15, 0.2) is 11.8 Å². The Morgan fingerprint density at radius 1 is 1.34 bits per heavy atom. The van der Waals surface area contributed by atoms with E-state index in [4.69, 9.17) is 11.6 Å². The van der Waals surface area contributed by atoms with Gasteiger partial charge < -0.3 is 10.6 Å². The topological polar surface area (TPSA) is 67.1 Å². The predicted molar refractivity (Wildman–Crippen MR) is 128 cm³/mol. The molecule has 8 heteroatoms. The lowest BCUT2D eigenvalue weighted by atomic mass is 10.1. The minimum absolute atomic E-state index is 0.